The molecule has 2 heteroatoms. The zero-order chi connectivity index (χ0) is 34.5. The Labute approximate surface area is 296 Å². The van der Waals surface area contributed by atoms with Gasteiger partial charge in [-0.3, -0.25) is 0 Å². The molecule has 0 atom stereocenters. The first-order chi connectivity index (χ1) is 25.1. The first kappa shape index (κ1) is 30.1. The fourth-order valence-electron chi connectivity index (χ4n) is 7.96. The van der Waals surface area contributed by atoms with Crippen LogP contribution in [0.5, 0.6) is 0 Å². The van der Waals surface area contributed by atoms with Crippen molar-refractivity contribution in [2.75, 3.05) is 0 Å². The molecule has 0 radical (unpaired) electrons. The Morgan fingerprint density at radius 2 is 0.922 bits per heavy atom. The number of hydrogen-bond donors (Lipinski definition) is 0. The van der Waals surface area contributed by atoms with Gasteiger partial charge in [-0.25, -0.2) is 0 Å². The van der Waals surface area contributed by atoms with Gasteiger partial charge in [0.15, 0.2) is 0 Å². The lowest BCUT2D eigenvalue weighted by molar-refractivity contribution is 1.46. The predicted octanol–water partition coefficient (Wildman–Crippen LogP) is 13.0. The highest BCUT2D eigenvalue weighted by Gasteiger charge is 2.19. The van der Waals surface area contributed by atoms with Gasteiger partial charge in [0.2, 0.25) is 0 Å². The van der Waals surface area contributed by atoms with E-state index in [1.54, 1.807) is 0 Å². The van der Waals surface area contributed by atoms with Crippen molar-refractivity contribution in [3.63, 3.8) is 0 Å². The Bertz CT molecular complexity index is 2950. The third kappa shape index (κ3) is 4.94. The lowest BCUT2D eigenvalue weighted by Gasteiger charge is -2.18. The van der Waals surface area contributed by atoms with Gasteiger partial charge in [-0.05, 0) is 119 Å². The van der Waals surface area contributed by atoms with Crippen molar-refractivity contribution in [1.29, 1.82) is 10.5 Å². The van der Waals surface area contributed by atoms with E-state index in [4.69, 9.17) is 0 Å². The quantitative estimate of drug-likeness (QED) is 0.179. The van der Waals surface area contributed by atoms with Crippen molar-refractivity contribution < 1.29 is 0 Å². The van der Waals surface area contributed by atoms with Crippen LogP contribution in [0.2, 0.25) is 0 Å². The molecule has 236 valence electrons. The van der Waals surface area contributed by atoms with Crippen molar-refractivity contribution in [3.05, 3.63) is 180 Å². The largest absolute Gasteiger partial charge is 0.192 e. The zero-order valence-corrected chi connectivity index (χ0v) is 28.0. The van der Waals surface area contributed by atoms with Gasteiger partial charge in [0.1, 0.15) is 6.07 Å². The molecule has 0 aliphatic carbocycles. The molecule has 0 bridgehead atoms. The summed E-state index contributed by atoms with van der Waals surface area (Å²) in [6.07, 6.45) is 0. The van der Waals surface area contributed by atoms with Gasteiger partial charge < -0.3 is 0 Å². The summed E-state index contributed by atoms with van der Waals surface area (Å²) in [5.41, 5.74) is 10.3. The maximum Gasteiger partial charge on any atom is 0.100 e. The summed E-state index contributed by atoms with van der Waals surface area (Å²) in [5.74, 6) is 0. The smallest absolute Gasteiger partial charge is 0.100 e. The van der Waals surface area contributed by atoms with Crippen LogP contribution in [-0.4, -0.2) is 0 Å². The first-order valence-electron chi connectivity index (χ1n) is 17.1. The van der Waals surface area contributed by atoms with Gasteiger partial charge in [0, 0.05) is 11.1 Å². The van der Waals surface area contributed by atoms with Crippen LogP contribution >= 0.6 is 0 Å². The third-order valence-electron chi connectivity index (χ3n) is 10.3. The van der Waals surface area contributed by atoms with Crippen LogP contribution in [0.15, 0.2) is 164 Å². The normalized spacial score (nSPS) is 11.2. The summed E-state index contributed by atoms with van der Waals surface area (Å²) in [4.78, 5) is 0. The molecule has 0 amide bonds. The second-order valence-corrected chi connectivity index (χ2v) is 13.1. The molecule has 0 saturated carbocycles. The Morgan fingerprint density at radius 3 is 1.67 bits per heavy atom. The highest BCUT2D eigenvalue weighted by atomic mass is 14.3. The molecular weight excluding hydrogens is 617 g/mol. The summed E-state index contributed by atoms with van der Waals surface area (Å²) >= 11 is 0. The van der Waals surface area contributed by atoms with Crippen molar-refractivity contribution in [2.24, 2.45) is 0 Å². The number of hydrogen-bond acceptors (Lipinski definition) is 2. The molecule has 9 rings (SSSR count). The molecule has 0 aliphatic heterocycles. The van der Waals surface area contributed by atoms with E-state index in [2.05, 4.69) is 159 Å². The van der Waals surface area contributed by atoms with Crippen LogP contribution in [0, 0.1) is 29.6 Å². The molecule has 0 aromatic heterocycles. The zero-order valence-electron chi connectivity index (χ0n) is 28.0. The molecule has 0 saturated heterocycles. The van der Waals surface area contributed by atoms with Crippen LogP contribution in [0.1, 0.15) is 16.7 Å². The minimum atomic E-state index is 0.600. The fourth-order valence-corrected chi connectivity index (χ4v) is 7.96. The van der Waals surface area contributed by atoms with Crippen molar-refractivity contribution in [1.82, 2.24) is 0 Å². The molecule has 9 aromatic carbocycles. The summed E-state index contributed by atoms with van der Waals surface area (Å²) < 4.78 is 0. The third-order valence-corrected chi connectivity index (χ3v) is 10.3. The second kappa shape index (κ2) is 12.2. The summed E-state index contributed by atoms with van der Waals surface area (Å²) in [6, 6.07) is 61.8. The van der Waals surface area contributed by atoms with E-state index in [9.17, 15) is 10.5 Å². The van der Waals surface area contributed by atoms with E-state index < -0.39 is 0 Å². The molecule has 0 N–H and O–H groups in total. The average Bonchev–Trinajstić information content (AvgIpc) is 3.20. The van der Waals surface area contributed by atoms with E-state index in [0.717, 1.165) is 66.2 Å². The van der Waals surface area contributed by atoms with Gasteiger partial charge >= 0.3 is 0 Å². The number of rotatable bonds is 4. The lowest BCUT2D eigenvalue weighted by Crippen LogP contribution is -1.95. The number of nitrogens with zero attached hydrogens (tertiary/aromatic N) is 2. The van der Waals surface area contributed by atoms with Gasteiger partial charge in [-0.1, -0.05) is 133 Å². The van der Waals surface area contributed by atoms with E-state index in [1.807, 2.05) is 24.3 Å². The molecule has 51 heavy (non-hydrogen) atoms. The summed E-state index contributed by atoms with van der Waals surface area (Å²) in [5, 5.41) is 30.4. The predicted molar refractivity (Wildman–Crippen MR) is 212 cm³/mol. The Kier molecular flexibility index (Phi) is 7.17. The number of benzene rings is 9. The molecule has 0 heterocycles. The highest BCUT2D eigenvalue weighted by Crippen LogP contribution is 2.43. The van der Waals surface area contributed by atoms with Crippen LogP contribution in [0.4, 0.5) is 0 Å². The van der Waals surface area contributed by atoms with Gasteiger partial charge in [-0.15, -0.1) is 0 Å². The topological polar surface area (TPSA) is 47.6 Å². The van der Waals surface area contributed by atoms with Crippen LogP contribution in [0.3, 0.4) is 0 Å². The Morgan fingerprint density at radius 1 is 0.373 bits per heavy atom. The maximum absolute atomic E-state index is 10.8. The summed E-state index contributed by atoms with van der Waals surface area (Å²) in [6.45, 7) is 2.16. The van der Waals surface area contributed by atoms with E-state index >= 15 is 0 Å². The van der Waals surface area contributed by atoms with Gasteiger partial charge in [-0.2, -0.15) is 10.5 Å². The first-order valence-corrected chi connectivity index (χ1v) is 17.1. The van der Waals surface area contributed by atoms with E-state index in [1.165, 1.54) is 26.9 Å². The monoisotopic (exact) mass is 646 g/mol. The fraction of sp³-hybridized carbons (Fsp3) is 0.0204. The number of aryl methyl sites for hydroxylation is 1. The van der Waals surface area contributed by atoms with Gasteiger partial charge in [0.25, 0.3) is 0 Å². The molecular formula is C49H30N2. The summed E-state index contributed by atoms with van der Waals surface area (Å²) in [7, 11) is 0. The van der Waals surface area contributed by atoms with E-state index in [0.29, 0.717) is 11.1 Å². The molecule has 2 nitrogen and oxygen atoms in total. The molecule has 0 spiro atoms. The molecule has 0 unspecified atom stereocenters. The van der Waals surface area contributed by atoms with Gasteiger partial charge in [0.05, 0.1) is 17.2 Å². The number of nitriles is 2. The lowest BCUT2D eigenvalue weighted by atomic mass is 9.85. The minimum absolute atomic E-state index is 0.600. The minimum Gasteiger partial charge on any atom is -0.192 e. The Balaban J connectivity index is 1.21. The standard InChI is InChI=1S/C49H30N2/c1-31-38-15-4-5-17-41(38)43-19-8-9-21-45(43)49(31)46-23-11-22-40(48(46)30-51)34-14-10-13-33(26-34)36-24-32(29-50)25-37(27-36)47-28-35-12-2-3-16-39(35)42-18-6-7-20-44(42)47/h2-28H,1H3. The highest BCUT2D eigenvalue weighted by molar-refractivity contribution is 6.17. The van der Waals surface area contributed by atoms with Crippen molar-refractivity contribution >= 4 is 43.1 Å². The van der Waals surface area contributed by atoms with E-state index in [-0.39, 0.29) is 0 Å². The van der Waals surface area contributed by atoms with Crippen molar-refractivity contribution in [2.45, 2.75) is 6.92 Å². The molecule has 9 aromatic rings. The van der Waals surface area contributed by atoms with Crippen LogP contribution in [0.25, 0.3) is 87.6 Å². The SMILES string of the molecule is Cc1c(-c2cccc(-c3cccc(-c4cc(C#N)cc(-c5cc6ccccc6c6ccccc56)c4)c3)c2C#N)c2ccccc2c2ccccc12. The number of fused-ring (bicyclic) bond motifs is 6. The maximum atomic E-state index is 10.8. The van der Waals surface area contributed by atoms with Crippen LogP contribution in [-0.2, 0) is 0 Å². The Hall–Kier alpha value is -7.00. The average molecular weight is 647 g/mol. The molecule has 0 aliphatic rings. The molecule has 0 fully saturated rings. The second-order valence-electron chi connectivity index (χ2n) is 13.1. The van der Waals surface area contributed by atoms with Crippen LogP contribution < -0.4 is 0 Å². The van der Waals surface area contributed by atoms with Crippen molar-refractivity contribution in [3.8, 4) is 56.6 Å².